The van der Waals surface area contributed by atoms with E-state index in [2.05, 4.69) is 30.2 Å². The molecule has 0 fully saturated rings. The quantitative estimate of drug-likeness (QED) is 0.555. The van der Waals surface area contributed by atoms with E-state index in [-0.39, 0.29) is 0 Å². The molecule has 0 aromatic carbocycles. The zero-order valence-corrected chi connectivity index (χ0v) is 6.70. The average molecular weight is 146 g/mol. The lowest BCUT2D eigenvalue weighted by molar-refractivity contribution is 0.873. The van der Waals surface area contributed by atoms with Crippen LogP contribution in [-0.2, 0) is 0 Å². The normalized spacial score (nSPS) is 10.7. The second-order valence-corrected chi connectivity index (χ2v) is 2.79. The maximum atomic E-state index is 4.35. The summed E-state index contributed by atoms with van der Waals surface area (Å²) < 4.78 is 1.95. The van der Waals surface area contributed by atoms with Gasteiger partial charge in [0.1, 0.15) is 0 Å². The summed E-state index contributed by atoms with van der Waals surface area (Å²) in [4.78, 5) is 0. The molecular weight excluding hydrogens is 136 g/mol. The van der Waals surface area contributed by atoms with Crippen LogP contribution in [0.2, 0.25) is 0 Å². The molecule has 0 bridgehead atoms. The molecule has 11 heavy (non-hydrogen) atoms. The van der Waals surface area contributed by atoms with Crippen molar-refractivity contribution >= 4 is 5.52 Å². The van der Waals surface area contributed by atoms with Gasteiger partial charge in [-0.1, -0.05) is 0 Å². The average Bonchev–Trinajstić information content (AvgIpc) is 2.33. The Morgan fingerprint density at radius 3 is 2.64 bits per heavy atom. The third-order valence-corrected chi connectivity index (χ3v) is 1.83. The minimum atomic E-state index is 1.05. The lowest BCUT2D eigenvalue weighted by atomic mass is 10.4. The van der Waals surface area contributed by atoms with Crippen molar-refractivity contribution in [1.82, 2.24) is 9.61 Å². The molecule has 0 aliphatic heterocycles. The van der Waals surface area contributed by atoms with Crippen molar-refractivity contribution in [2.24, 2.45) is 0 Å². The van der Waals surface area contributed by atoms with E-state index >= 15 is 0 Å². The molecule has 2 nitrogen and oxygen atoms in total. The zero-order valence-electron chi connectivity index (χ0n) is 6.70. The van der Waals surface area contributed by atoms with Gasteiger partial charge >= 0.3 is 0 Å². The Morgan fingerprint density at radius 2 is 1.82 bits per heavy atom. The van der Waals surface area contributed by atoms with Gasteiger partial charge in [-0.2, -0.15) is 5.10 Å². The fourth-order valence-corrected chi connectivity index (χ4v) is 1.21. The second-order valence-electron chi connectivity index (χ2n) is 2.79. The molecule has 2 heterocycles. The molecule has 0 atom stereocenters. The van der Waals surface area contributed by atoms with Crippen LogP contribution in [0.4, 0.5) is 0 Å². The van der Waals surface area contributed by atoms with Crippen molar-refractivity contribution in [3.05, 3.63) is 35.7 Å². The third kappa shape index (κ3) is 0.909. The molecule has 2 aromatic rings. The molecule has 2 rings (SSSR count). The van der Waals surface area contributed by atoms with Crippen molar-refractivity contribution in [3.63, 3.8) is 0 Å². The summed E-state index contributed by atoms with van der Waals surface area (Å²) in [5.74, 6) is 0. The van der Waals surface area contributed by atoms with Crippen molar-refractivity contribution in [2.45, 2.75) is 13.8 Å². The second kappa shape index (κ2) is 2.09. The molecule has 0 spiro atoms. The highest BCUT2D eigenvalue weighted by Crippen LogP contribution is 2.07. The molecule has 2 heteroatoms. The maximum absolute atomic E-state index is 4.35. The lowest BCUT2D eigenvalue weighted by Gasteiger charge is -1.96. The largest absolute Gasteiger partial charge is 0.238 e. The van der Waals surface area contributed by atoms with Gasteiger partial charge in [0.15, 0.2) is 0 Å². The van der Waals surface area contributed by atoms with Gasteiger partial charge < -0.3 is 0 Å². The van der Waals surface area contributed by atoms with Crippen LogP contribution in [0.1, 0.15) is 11.4 Å². The van der Waals surface area contributed by atoms with Crippen molar-refractivity contribution in [2.75, 3.05) is 0 Å². The summed E-state index contributed by atoms with van der Waals surface area (Å²) in [5.41, 5.74) is 3.40. The Labute approximate surface area is 65.5 Å². The van der Waals surface area contributed by atoms with Crippen LogP contribution in [0.15, 0.2) is 24.3 Å². The topological polar surface area (TPSA) is 17.3 Å². The first kappa shape index (κ1) is 6.40. The Balaban J connectivity index is 2.87. The van der Waals surface area contributed by atoms with Crippen LogP contribution in [0, 0.1) is 13.8 Å². The summed E-state index contributed by atoms with van der Waals surface area (Å²) in [6.07, 6.45) is 0. The third-order valence-electron chi connectivity index (χ3n) is 1.83. The molecule has 0 aliphatic carbocycles. The van der Waals surface area contributed by atoms with Crippen molar-refractivity contribution < 1.29 is 0 Å². The van der Waals surface area contributed by atoms with Crippen molar-refractivity contribution in [3.8, 4) is 0 Å². The standard InChI is InChI=1S/C9H10N2/c1-7-3-5-9-6-4-8(2)11(9)10-7/h3-6H,1-2H3. The van der Waals surface area contributed by atoms with E-state index in [4.69, 9.17) is 0 Å². The van der Waals surface area contributed by atoms with E-state index in [1.54, 1.807) is 0 Å². The summed E-state index contributed by atoms with van der Waals surface area (Å²) >= 11 is 0. The fourth-order valence-electron chi connectivity index (χ4n) is 1.21. The number of fused-ring (bicyclic) bond motifs is 1. The Kier molecular flexibility index (Phi) is 1.22. The predicted molar refractivity (Wildman–Crippen MR) is 44.7 cm³/mol. The van der Waals surface area contributed by atoms with Crippen LogP contribution < -0.4 is 0 Å². The molecule has 56 valence electrons. The smallest absolute Gasteiger partial charge is 0.0650 e. The highest BCUT2D eigenvalue weighted by Gasteiger charge is 1.96. The summed E-state index contributed by atoms with van der Waals surface area (Å²) in [7, 11) is 0. The fraction of sp³-hybridized carbons (Fsp3) is 0.222. The highest BCUT2D eigenvalue weighted by atomic mass is 15.2. The summed E-state index contributed by atoms with van der Waals surface area (Å²) in [5, 5.41) is 4.35. The number of nitrogens with zero attached hydrogens (tertiary/aromatic N) is 2. The molecule has 0 unspecified atom stereocenters. The van der Waals surface area contributed by atoms with Crippen LogP contribution >= 0.6 is 0 Å². The van der Waals surface area contributed by atoms with Gasteiger partial charge in [0.05, 0.1) is 11.2 Å². The van der Waals surface area contributed by atoms with E-state index < -0.39 is 0 Å². The first-order valence-electron chi connectivity index (χ1n) is 3.69. The first-order valence-corrected chi connectivity index (χ1v) is 3.69. The Hall–Kier alpha value is -1.31. The van der Waals surface area contributed by atoms with Gasteiger partial charge in [0, 0.05) is 5.69 Å². The van der Waals surface area contributed by atoms with Gasteiger partial charge in [0.2, 0.25) is 0 Å². The van der Waals surface area contributed by atoms with Crippen molar-refractivity contribution in [1.29, 1.82) is 0 Å². The highest BCUT2D eigenvalue weighted by molar-refractivity contribution is 5.47. The monoisotopic (exact) mass is 146 g/mol. The van der Waals surface area contributed by atoms with E-state index in [1.165, 1.54) is 5.69 Å². The lowest BCUT2D eigenvalue weighted by Crippen LogP contribution is -1.94. The Morgan fingerprint density at radius 1 is 1.09 bits per heavy atom. The number of hydrogen-bond acceptors (Lipinski definition) is 1. The summed E-state index contributed by atoms with van der Waals surface area (Å²) in [6, 6.07) is 8.24. The molecule has 2 aromatic heterocycles. The molecular formula is C9H10N2. The van der Waals surface area contributed by atoms with Crippen LogP contribution in [0.5, 0.6) is 0 Å². The number of aryl methyl sites for hydroxylation is 2. The van der Waals surface area contributed by atoms with Gasteiger partial charge in [0.25, 0.3) is 0 Å². The van der Waals surface area contributed by atoms with E-state index in [0.717, 1.165) is 11.2 Å². The minimum Gasteiger partial charge on any atom is -0.238 e. The van der Waals surface area contributed by atoms with Gasteiger partial charge in [-0.15, -0.1) is 0 Å². The SMILES string of the molecule is Cc1ccc2ccc(C)n2n1. The number of aromatic nitrogens is 2. The molecule has 0 saturated heterocycles. The van der Waals surface area contributed by atoms with Gasteiger partial charge in [-0.25, -0.2) is 4.52 Å². The van der Waals surface area contributed by atoms with Crippen LogP contribution in [0.3, 0.4) is 0 Å². The maximum Gasteiger partial charge on any atom is 0.0650 e. The molecule has 0 radical (unpaired) electrons. The van der Waals surface area contributed by atoms with Crippen LogP contribution in [-0.4, -0.2) is 9.61 Å². The molecule has 0 amide bonds. The van der Waals surface area contributed by atoms with E-state index in [1.807, 2.05) is 17.5 Å². The molecule has 0 N–H and O–H groups in total. The summed E-state index contributed by atoms with van der Waals surface area (Å²) in [6.45, 7) is 4.05. The molecule has 0 aliphatic rings. The van der Waals surface area contributed by atoms with E-state index in [9.17, 15) is 0 Å². The van der Waals surface area contributed by atoms with E-state index in [0.29, 0.717) is 0 Å². The van der Waals surface area contributed by atoms with Gasteiger partial charge in [-0.3, -0.25) is 0 Å². The first-order chi connectivity index (χ1) is 5.27. The van der Waals surface area contributed by atoms with Crippen LogP contribution in [0.25, 0.3) is 5.52 Å². The predicted octanol–water partition coefficient (Wildman–Crippen LogP) is 1.95. The zero-order chi connectivity index (χ0) is 7.84. The van der Waals surface area contributed by atoms with Gasteiger partial charge in [-0.05, 0) is 38.1 Å². The number of rotatable bonds is 0. The Bertz CT molecular complexity index is 387. The molecule has 0 saturated carbocycles. The minimum absolute atomic E-state index is 1.05. The number of hydrogen-bond donors (Lipinski definition) is 0.